The highest BCUT2D eigenvalue weighted by molar-refractivity contribution is 9.10. The summed E-state index contributed by atoms with van der Waals surface area (Å²) in [5.74, 6) is -1.60. The minimum atomic E-state index is -1.04. The highest BCUT2D eigenvalue weighted by Crippen LogP contribution is 2.31. The maximum absolute atomic E-state index is 13.0. The number of carbonyl (C=O) groups excluding carboxylic acids is 2. The number of hydrogen-bond acceptors (Lipinski definition) is 4. The molecule has 3 aromatic rings. The number of anilines is 3. The SMILES string of the molecule is Cc1cccc(C(=O)c2ccc(Nc3ccc(Br)cc3NC(=O)CCC(=O)O)cc2Cl)c1C. The molecule has 0 aliphatic carbocycles. The van der Waals surface area contributed by atoms with Gasteiger partial charge < -0.3 is 15.7 Å². The van der Waals surface area contributed by atoms with Gasteiger partial charge in [-0.2, -0.15) is 0 Å². The Hall–Kier alpha value is -3.16. The van der Waals surface area contributed by atoms with Crippen molar-refractivity contribution in [2.24, 2.45) is 0 Å². The fraction of sp³-hybridized carbons (Fsp3) is 0.160. The van der Waals surface area contributed by atoms with Crippen molar-refractivity contribution < 1.29 is 19.5 Å². The molecule has 0 heterocycles. The molecule has 3 rings (SSSR count). The molecule has 33 heavy (non-hydrogen) atoms. The lowest BCUT2D eigenvalue weighted by atomic mass is 9.96. The van der Waals surface area contributed by atoms with Crippen LogP contribution in [0.4, 0.5) is 17.1 Å². The lowest BCUT2D eigenvalue weighted by Crippen LogP contribution is -2.14. The zero-order valence-corrected chi connectivity index (χ0v) is 20.4. The number of carboxylic acids is 1. The first kappa shape index (κ1) is 24.5. The van der Waals surface area contributed by atoms with Gasteiger partial charge >= 0.3 is 5.97 Å². The molecular formula is C25H22BrClN2O4. The number of carbonyl (C=O) groups is 3. The fourth-order valence-electron chi connectivity index (χ4n) is 3.24. The Morgan fingerprint density at radius 3 is 2.39 bits per heavy atom. The molecule has 8 heteroatoms. The molecule has 0 aliphatic heterocycles. The van der Waals surface area contributed by atoms with E-state index < -0.39 is 11.9 Å². The number of benzene rings is 3. The Balaban J connectivity index is 1.83. The van der Waals surface area contributed by atoms with Crippen molar-refractivity contribution in [1.29, 1.82) is 0 Å². The van der Waals surface area contributed by atoms with Gasteiger partial charge in [-0.05, 0) is 61.4 Å². The van der Waals surface area contributed by atoms with E-state index >= 15 is 0 Å². The molecule has 170 valence electrons. The normalized spacial score (nSPS) is 10.5. The van der Waals surface area contributed by atoms with Crippen LogP contribution in [0.2, 0.25) is 5.02 Å². The van der Waals surface area contributed by atoms with E-state index in [2.05, 4.69) is 26.6 Å². The Morgan fingerprint density at radius 2 is 1.70 bits per heavy atom. The van der Waals surface area contributed by atoms with E-state index in [9.17, 15) is 14.4 Å². The predicted molar refractivity (Wildman–Crippen MR) is 134 cm³/mol. The zero-order chi connectivity index (χ0) is 24.1. The largest absolute Gasteiger partial charge is 0.481 e. The number of hydrogen-bond donors (Lipinski definition) is 3. The van der Waals surface area contributed by atoms with Crippen molar-refractivity contribution in [1.82, 2.24) is 0 Å². The number of ketones is 1. The maximum atomic E-state index is 13.0. The molecule has 1 amide bonds. The molecule has 0 atom stereocenters. The van der Waals surface area contributed by atoms with Crippen LogP contribution in [-0.4, -0.2) is 22.8 Å². The molecule has 0 fully saturated rings. The van der Waals surface area contributed by atoms with E-state index in [0.29, 0.717) is 33.2 Å². The molecule has 0 aliphatic rings. The van der Waals surface area contributed by atoms with Crippen molar-refractivity contribution in [3.05, 3.63) is 86.3 Å². The third-order valence-corrected chi connectivity index (χ3v) is 5.97. The number of amides is 1. The van der Waals surface area contributed by atoms with Gasteiger partial charge in [0.2, 0.25) is 5.91 Å². The third-order valence-electron chi connectivity index (χ3n) is 5.16. The molecular weight excluding hydrogens is 508 g/mol. The van der Waals surface area contributed by atoms with Gasteiger partial charge in [0.25, 0.3) is 0 Å². The van der Waals surface area contributed by atoms with Crippen molar-refractivity contribution in [2.45, 2.75) is 26.7 Å². The van der Waals surface area contributed by atoms with Gasteiger partial charge in [0.15, 0.2) is 5.78 Å². The van der Waals surface area contributed by atoms with Crippen LogP contribution in [0, 0.1) is 13.8 Å². The van der Waals surface area contributed by atoms with Gasteiger partial charge in [-0.15, -0.1) is 0 Å². The molecule has 0 saturated heterocycles. The summed E-state index contributed by atoms with van der Waals surface area (Å²) in [6.07, 6.45) is -0.392. The minimum absolute atomic E-state index is 0.137. The van der Waals surface area contributed by atoms with Crippen LogP contribution in [0.1, 0.15) is 39.9 Å². The zero-order valence-electron chi connectivity index (χ0n) is 18.0. The fourth-order valence-corrected chi connectivity index (χ4v) is 3.86. The molecule has 6 nitrogen and oxygen atoms in total. The standard InChI is InChI=1S/C25H22BrClN2O4/c1-14-4-3-5-18(15(14)2)25(33)19-8-7-17(13-20(19)27)28-21-9-6-16(26)12-22(21)29-23(30)10-11-24(31)32/h3-9,12-13,28H,10-11H2,1-2H3,(H,29,30)(H,31,32). The van der Waals surface area contributed by atoms with E-state index in [4.69, 9.17) is 16.7 Å². The van der Waals surface area contributed by atoms with Crippen LogP contribution < -0.4 is 10.6 Å². The Morgan fingerprint density at radius 1 is 0.939 bits per heavy atom. The van der Waals surface area contributed by atoms with Crippen LogP contribution in [0.5, 0.6) is 0 Å². The first-order valence-corrected chi connectivity index (χ1v) is 11.3. The predicted octanol–water partition coefficient (Wildman–Crippen LogP) is 6.50. The molecule has 0 saturated carbocycles. The second-order valence-electron chi connectivity index (χ2n) is 7.53. The van der Waals surface area contributed by atoms with E-state index in [1.54, 1.807) is 42.5 Å². The number of nitrogens with one attached hydrogen (secondary N) is 2. The summed E-state index contributed by atoms with van der Waals surface area (Å²) in [6, 6.07) is 15.9. The topological polar surface area (TPSA) is 95.5 Å². The van der Waals surface area contributed by atoms with E-state index in [-0.39, 0.29) is 18.6 Å². The summed E-state index contributed by atoms with van der Waals surface area (Å²) in [5, 5.41) is 15.0. The summed E-state index contributed by atoms with van der Waals surface area (Å²) >= 11 is 9.83. The van der Waals surface area contributed by atoms with Crippen LogP contribution in [0.15, 0.2) is 59.1 Å². The summed E-state index contributed by atoms with van der Waals surface area (Å²) < 4.78 is 0.745. The first-order chi connectivity index (χ1) is 15.7. The van der Waals surface area contributed by atoms with Crippen LogP contribution in [-0.2, 0) is 9.59 Å². The molecule has 0 radical (unpaired) electrons. The summed E-state index contributed by atoms with van der Waals surface area (Å²) in [7, 11) is 0. The highest BCUT2D eigenvalue weighted by atomic mass is 79.9. The van der Waals surface area contributed by atoms with Crippen LogP contribution >= 0.6 is 27.5 Å². The average Bonchev–Trinajstić information content (AvgIpc) is 2.76. The van der Waals surface area contributed by atoms with E-state index in [1.807, 2.05) is 26.0 Å². The lowest BCUT2D eigenvalue weighted by molar-refractivity contribution is -0.138. The monoisotopic (exact) mass is 528 g/mol. The van der Waals surface area contributed by atoms with Crippen molar-refractivity contribution in [3.8, 4) is 0 Å². The maximum Gasteiger partial charge on any atom is 0.303 e. The first-order valence-electron chi connectivity index (χ1n) is 10.1. The Kier molecular flexibility index (Phi) is 7.89. The smallest absolute Gasteiger partial charge is 0.303 e. The van der Waals surface area contributed by atoms with E-state index in [1.165, 1.54) is 0 Å². The molecule has 0 unspecified atom stereocenters. The Bertz CT molecular complexity index is 1240. The summed E-state index contributed by atoms with van der Waals surface area (Å²) in [4.78, 5) is 35.9. The highest BCUT2D eigenvalue weighted by Gasteiger charge is 2.17. The Labute approximate surface area is 205 Å². The number of halogens is 2. The number of aliphatic carboxylic acids is 1. The van der Waals surface area contributed by atoms with Crippen molar-refractivity contribution in [3.63, 3.8) is 0 Å². The second kappa shape index (κ2) is 10.6. The number of aryl methyl sites for hydroxylation is 1. The van der Waals surface area contributed by atoms with Crippen LogP contribution in [0.3, 0.4) is 0 Å². The van der Waals surface area contributed by atoms with Gasteiger partial charge in [-0.25, -0.2) is 0 Å². The molecule has 0 spiro atoms. The van der Waals surface area contributed by atoms with Gasteiger partial charge in [0.05, 0.1) is 22.8 Å². The summed E-state index contributed by atoms with van der Waals surface area (Å²) in [6.45, 7) is 3.86. The number of rotatable bonds is 8. The number of carboxylic acid groups (broad SMARTS) is 1. The molecule has 3 aromatic carbocycles. The van der Waals surface area contributed by atoms with Crippen LogP contribution in [0.25, 0.3) is 0 Å². The summed E-state index contributed by atoms with van der Waals surface area (Å²) in [5.41, 5.74) is 4.65. The van der Waals surface area contributed by atoms with Gasteiger partial charge in [0.1, 0.15) is 0 Å². The van der Waals surface area contributed by atoms with Gasteiger partial charge in [-0.1, -0.05) is 45.7 Å². The second-order valence-corrected chi connectivity index (χ2v) is 8.85. The minimum Gasteiger partial charge on any atom is -0.481 e. The molecule has 3 N–H and O–H groups in total. The van der Waals surface area contributed by atoms with Crippen molar-refractivity contribution in [2.75, 3.05) is 10.6 Å². The van der Waals surface area contributed by atoms with Gasteiger partial charge in [0, 0.05) is 27.7 Å². The molecule has 0 bridgehead atoms. The van der Waals surface area contributed by atoms with Gasteiger partial charge in [-0.3, -0.25) is 14.4 Å². The average molecular weight is 530 g/mol. The third kappa shape index (κ3) is 6.21. The van der Waals surface area contributed by atoms with E-state index in [0.717, 1.165) is 15.6 Å². The molecule has 0 aromatic heterocycles. The quantitative estimate of drug-likeness (QED) is 0.290. The van der Waals surface area contributed by atoms with Crippen molar-refractivity contribution >= 4 is 62.3 Å². The lowest BCUT2D eigenvalue weighted by Gasteiger charge is -2.15.